The summed E-state index contributed by atoms with van der Waals surface area (Å²) in [5.74, 6) is 1.04. The third-order valence-electron chi connectivity index (χ3n) is 4.49. The zero-order valence-corrected chi connectivity index (χ0v) is 11.4. The van der Waals surface area contributed by atoms with E-state index in [0.29, 0.717) is 18.9 Å². The van der Waals surface area contributed by atoms with Crippen LogP contribution in [0.1, 0.15) is 38.5 Å². The minimum absolute atomic E-state index is 0.0133. The first kappa shape index (κ1) is 12.9. The van der Waals surface area contributed by atoms with E-state index >= 15 is 0 Å². The van der Waals surface area contributed by atoms with Crippen LogP contribution in [-0.2, 0) is 9.59 Å². The van der Waals surface area contributed by atoms with Crippen molar-refractivity contribution in [3.63, 3.8) is 0 Å². The minimum atomic E-state index is -0.261. The van der Waals surface area contributed by atoms with Crippen molar-refractivity contribution in [1.29, 1.82) is 0 Å². The first-order valence-corrected chi connectivity index (χ1v) is 7.54. The lowest BCUT2D eigenvalue weighted by Crippen LogP contribution is -2.50. The topological polar surface area (TPSA) is 61.4 Å². The lowest BCUT2D eigenvalue weighted by atomic mass is 10.0. The zero-order valence-electron chi connectivity index (χ0n) is 11.4. The predicted molar refractivity (Wildman–Crippen MR) is 71.5 cm³/mol. The van der Waals surface area contributed by atoms with Crippen LogP contribution in [0.25, 0.3) is 0 Å². The Morgan fingerprint density at radius 3 is 2.53 bits per heavy atom. The summed E-state index contributed by atoms with van der Waals surface area (Å²) < 4.78 is 0. The van der Waals surface area contributed by atoms with Gasteiger partial charge in [0.2, 0.25) is 11.8 Å². The molecule has 0 bridgehead atoms. The van der Waals surface area contributed by atoms with E-state index in [1.807, 2.05) is 4.90 Å². The molecule has 0 aromatic rings. The number of hydrogen-bond donors (Lipinski definition) is 2. The van der Waals surface area contributed by atoms with Crippen molar-refractivity contribution in [1.82, 2.24) is 15.5 Å². The quantitative estimate of drug-likeness (QED) is 0.766. The molecule has 2 heterocycles. The van der Waals surface area contributed by atoms with E-state index in [1.54, 1.807) is 0 Å². The molecule has 1 aliphatic carbocycles. The van der Waals surface area contributed by atoms with E-state index in [2.05, 4.69) is 10.6 Å². The lowest BCUT2D eigenvalue weighted by Gasteiger charge is -2.34. The van der Waals surface area contributed by atoms with Crippen LogP contribution in [0.15, 0.2) is 0 Å². The van der Waals surface area contributed by atoms with Crippen LogP contribution in [-0.4, -0.2) is 48.4 Å². The van der Waals surface area contributed by atoms with E-state index < -0.39 is 0 Å². The van der Waals surface area contributed by atoms with Crippen molar-refractivity contribution in [2.45, 2.75) is 50.6 Å². The molecular weight excluding hydrogens is 242 g/mol. The number of nitrogens with zero attached hydrogens (tertiary/aromatic N) is 1. The second kappa shape index (κ2) is 5.49. The molecule has 3 fully saturated rings. The van der Waals surface area contributed by atoms with Gasteiger partial charge in [-0.3, -0.25) is 9.59 Å². The fourth-order valence-corrected chi connectivity index (χ4v) is 2.98. The Morgan fingerprint density at radius 2 is 1.95 bits per heavy atom. The van der Waals surface area contributed by atoms with Crippen LogP contribution in [0.4, 0.5) is 0 Å². The van der Waals surface area contributed by atoms with Crippen LogP contribution >= 0.6 is 0 Å². The maximum atomic E-state index is 12.2. The molecule has 106 valence electrons. The summed E-state index contributed by atoms with van der Waals surface area (Å²) in [6, 6.07) is 0.311. The van der Waals surface area contributed by atoms with Gasteiger partial charge in [-0.15, -0.1) is 0 Å². The van der Waals surface area contributed by atoms with E-state index in [9.17, 15) is 9.59 Å². The van der Waals surface area contributed by atoms with Gasteiger partial charge in [0, 0.05) is 25.6 Å². The molecule has 2 amide bonds. The number of carbonyl (C=O) groups is 2. The van der Waals surface area contributed by atoms with Crippen molar-refractivity contribution in [3.8, 4) is 0 Å². The largest absolute Gasteiger partial charge is 0.344 e. The number of amides is 2. The molecular formula is C14H23N3O2. The second-order valence-corrected chi connectivity index (χ2v) is 6.11. The second-order valence-electron chi connectivity index (χ2n) is 6.11. The van der Waals surface area contributed by atoms with Crippen molar-refractivity contribution in [3.05, 3.63) is 0 Å². The summed E-state index contributed by atoms with van der Waals surface area (Å²) >= 11 is 0. The highest BCUT2D eigenvalue weighted by molar-refractivity contribution is 5.90. The van der Waals surface area contributed by atoms with Crippen molar-refractivity contribution >= 4 is 11.8 Å². The van der Waals surface area contributed by atoms with E-state index in [1.165, 1.54) is 12.8 Å². The Labute approximate surface area is 114 Å². The molecule has 0 spiro atoms. The molecule has 2 N–H and O–H groups in total. The number of nitrogens with one attached hydrogen (secondary N) is 2. The fraction of sp³-hybridized carbons (Fsp3) is 0.857. The first-order chi connectivity index (χ1) is 9.22. The summed E-state index contributed by atoms with van der Waals surface area (Å²) in [5.41, 5.74) is 0. The number of hydrogen-bond acceptors (Lipinski definition) is 3. The number of rotatable bonds is 4. The average Bonchev–Trinajstić information content (AvgIpc) is 3.17. The van der Waals surface area contributed by atoms with Crippen molar-refractivity contribution in [2.75, 3.05) is 19.6 Å². The monoisotopic (exact) mass is 265 g/mol. The predicted octanol–water partition coefficient (Wildman–Crippen LogP) is 0.256. The van der Waals surface area contributed by atoms with Gasteiger partial charge in [-0.05, 0) is 44.6 Å². The smallest absolute Gasteiger partial charge is 0.245 e. The minimum Gasteiger partial charge on any atom is -0.344 e. The maximum Gasteiger partial charge on any atom is 0.245 e. The third kappa shape index (κ3) is 3.26. The standard InChI is InChI=1S/C14H23N3O2/c18-13-4-3-12(16-13)14(19)17-7-5-11(6-8-17)15-9-10-1-2-10/h10-12,15H,1-9H2,(H,16,18)/t12-/m1/s1. The van der Waals surface area contributed by atoms with Gasteiger partial charge in [0.1, 0.15) is 6.04 Å². The van der Waals surface area contributed by atoms with Crippen LogP contribution < -0.4 is 10.6 Å². The molecule has 2 saturated heterocycles. The Morgan fingerprint density at radius 1 is 1.21 bits per heavy atom. The van der Waals surface area contributed by atoms with E-state index in [0.717, 1.165) is 38.4 Å². The summed E-state index contributed by atoms with van der Waals surface area (Å²) in [6.07, 6.45) is 6.00. The zero-order chi connectivity index (χ0) is 13.2. The Balaban J connectivity index is 1.41. The van der Waals surface area contributed by atoms with Crippen LogP contribution in [0, 0.1) is 5.92 Å². The SMILES string of the molecule is O=C1CC[C@H](C(=O)N2CCC(NCC3CC3)CC2)N1. The fourth-order valence-electron chi connectivity index (χ4n) is 2.98. The van der Waals surface area contributed by atoms with Crippen molar-refractivity contribution < 1.29 is 9.59 Å². The average molecular weight is 265 g/mol. The molecule has 1 saturated carbocycles. The maximum absolute atomic E-state index is 12.2. The molecule has 0 aromatic heterocycles. The molecule has 19 heavy (non-hydrogen) atoms. The molecule has 5 nitrogen and oxygen atoms in total. The third-order valence-corrected chi connectivity index (χ3v) is 4.49. The molecule has 0 unspecified atom stereocenters. The highest BCUT2D eigenvalue weighted by Crippen LogP contribution is 2.28. The van der Waals surface area contributed by atoms with Gasteiger partial charge in [-0.25, -0.2) is 0 Å². The van der Waals surface area contributed by atoms with Crippen LogP contribution in [0.5, 0.6) is 0 Å². The van der Waals surface area contributed by atoms with E-state index in [4.69, 9.17) is 0 Å². The van der Waals surface area contributed by atoms with Gasteiger partial charge in [-0.2, -0.15) is 0 Å². The van der Waals surface area contributed by atoms with E-state index in [-0.39, 0.29) is 17.9 Å². The first-order valence-electron chi connectivity index (χ1n) is 7.54. The molecule has 1 atom stereocenters. The Hall–Kier alpha value is -1.10. The van der Waals surface area contributed by atoms with Gasteiger partial charge in [0.05, 0.1) is 0 Å². The Bertz CT molecular complexity index is 360. The highest BCUT2D eigenvalue weighted by Gasteiger charge is 2.32. The molecule has 2 aliphatic heterocycles. The molecule has 3 rings (SSSR count). The van der Waals surface area contributed by atoms with Gasteiger partial charge >= 0.3 is 0 Å². The number of carbonyl (C=O) groups excluding carboxylic acids is 2. The van der Waals surface area contributed by atoms with Crippen molar-refractivity contribution in [2.24, 2.45) is 5.92 Å². The van der Waals surface area contributed by atoms with Gasteiger partial charge < -0.3 is 15.5 Å². The summed E-state index contributed by atoms with van der Waals surface area (Å²) in [5, 5.41) is 6.38. The normalized spacial score (nSPS) is 28.5. The number of likely N-dealkylation sites (tertiary alicyclic amines) is 1. The molecule has 3 aliphatic rings. The van der Waals surface area contributed by atoms with Crippen LogP contribution in [0.2, 0.25) is 0 Å². The van der Waals surface area contributed by atoms with Gasteiger partial charge in [0.15, 0.2) is 0 Å². The highest BCUT2D eigenvalue weighted by atomic mass is 16.2. The summed E-state index contributed by atoms with van der Waals surface area (Å²) in [7, 11) is 0. The Kier molecular flexibility index (Phi) is 3.73. The van der Waals surface area contributed by atoms with Gasteiger partial charge in [-0.1, -0.05) is 0 Å². The van der Waals surface area contributed by atoms with Gasteiger partial charge in [0.25, 0.3) is 0 Å². The number of piperidine rings is 1. The lowest BCUT2D eigenvalue weighted by molar-refractivity contribution is -0.135. The molecule has 0 radical (unpaired) electrons. The molecule has 0 aromatic carbocycles. The summed E-state index contributed by atoms with van der Waals surface area (Å²) in [4.78, 5) is 25.3. The molecule has 5 heteroatoms. The van der Waals surface area contributed by atoms with Crippen LogP contribution in [0.3, 0.4) is 0 Å². The summed E-state index contributed by atoms with van der Waals surface area (Å²) in [6.45, 7) is 2.80.